The van der Waals surface area contributed by atoms with E-state index in [-0.39, 0.29) is 29.0 Å². The third-order valence-electron chi connectivity index (χ3n) is 3.62. The number of hydrogen-bond donors (Lipinski definition) is 2. The fourth-order valence-electron chi connectivity index (χ4n) is 2.33. The molecule has 1 amide bonds. The number of methoxy groups -OCH3 is 1. The molecular formula is C19H23ClN2O4S2. The van der Waals surface area contributed by atoms with Gasteiger partial charge < -0.3 is 10.1 Å². The summed E-state index contributed by atoms with van der Waals surface area (Å²) in [6.45, 7) is 3.89. The Kier molecular flexibility index (Phi) is 8.18. The minimum atomic E-state index is -3.75. The second-order valence-electron chi connectivity index (χ2n) is 6.19. The van der Waals surface area contributed by atoms with Crippen LogP contribution in [0.5, 0.6) is 5.75 Å². The number of amides is 1. The van der Waals surface area contributed by atoms with Gasteiger partial charge in [0.15, 0.2) is 0 Å². The summed E-state index contributed by atoms with van der Waals surface area (Å²) in [5.41, 5.74) is 0.176. The average Bonchev–Trinajstić information content (AvgIpc) is 2.65. The van der Waals surface area contributed by atoms with Crippen molar-refractivity contribution >= 4 is 39.3 Å². The second-order valence-corrected chi connectivity index (χ2v) is 9.56. The first-order chi connectivity index (χ1) is 13.2. The maximum Gasteiger partial charge on any atom is 0.255 e. The molecule has 0 aromatic heterocycles. The molecule has 0 spiro atoms. The number of sulfonamides is 1. The minimum absolute atomic E-state index is 0.0127. The van der Waals surface area contributed by atoms with Crippen LogP contribution in [0.1, 0.15) is 24.2 Å². The van der Waals surface area contributed by atoms with Crippen molar-refractivity contribution in [3.05, 3.63) is 53.1 Å². The van der Waals surface area contributed by atoms with Gasteiger partial charge >= 0.3 is 0 Å². The van der Waals surface area contributed by atoms with E-state index in [9.17, 15) is 13.2 Å². The Labute approximate surface area is 175 Å². The van der Waals surface area contributed by atoms with E-state index in [4.69, 9.17) is 16.3 Å². The van der Waals surface area contributed by atoms with E-state index < -0.39 is 10.0 Å². The molecule has 28 heavy (non-hydrogen) atoms. The van der Waals surface area contributed by atoms with Gasteiger partial charge in [-0.25, -0.2) is 13.1 Å². The van der Waals surface area contributed by atoms with Crippen molar-refractivity contribution in [2.45, 2.75) is 29.7 Å². The molecule has 2 aromatic rings. The van der Waals surface area contributed by atoms with Crippen LogP contribution in [0.25, 0.3) is 0 Å². The van der Waals surface area contributed by atoms with E-state index in [1.54, 1.807) is 12.1 Å². The molecule has 152 valence electrons. The van der Waals surface area contributed by atoms with Crippen molar-refractivity contribution in [1.29, 1.82) is 0 Å². The number of carbonyl (C=O) groups is 1. The maximum absolute atomic E-state index is 12.6. The normalized spacial score (nSPS) is 11.5. The second kappa shape index (κ2) is 10.2. The highest BCUT2D eigenvalue weighted by Crippen LogP contribution is 2.23. The molecule has 0 bridgehead atoms. The zero-order valence-electron chi connectivity index (χ0n) is 15.9. The van der Waals surface area contributed by atoms with Crippen LogP contribution in [0.15, 0.2) is 52.3 Å². The van der Waals surface area contributed by atoms with Gasteiger partial charge in [-0.2, -0.15) is 0 Å². The van der Waals surface area contributed by atoms with Gasteiger partial charge in [-0.3, -0.25) is 4.79 Å². The quantitative estimate of drug-likeness (QED) is 0.458. The van der Waals surface area contributed by atoms with Gasteiger partial charge in [-0.1, -0.05) is 11.6 Å². The Hall–Kier alpha value is -1.74. The van der Waals surface area contributed by atoms with Crippen LogP contribution in [-0.2, 0) is 10.0 Å². The number of halogens is 1. The topological polar surface area (TPSA) is 84.5 Å². The molecule has 2 N–H and O–H groups in total. The molecule has 0 aliphatic rings. The van der Waals surface area contributed by atoms with E-state index >= 15 is 0 Å². The number of hydrogen-bond acceptors (Lipinski definition) is 5. The first-order valence-corrected chi connectivity index (χ1v) is 11.4. The first kappa shape index (κ1) is 22.5. The third-order valence-corrected chi connectivity index (χ3v) is 6.35. The number of carbonyl (C=O) groups excluding carboxylic acids is 1. The molecule has 0 saturated carbocycles. The van der Waals surface area contributed by atoms with E-state index in [1.165, 1.54) is 37.1 Å². The van der Waals surface area contributed by atoms with E-state index in [2.05, 4.69) is 10.0 Å². The van der Waals surface area contributed by atoms with E-state index in [0.29, 0.717) is 16.5 Å². The first-order valence-electron chi connectivity index (χ1n) is 8.60. The van der Waals surface area contributed by atoms with Gasteiger partial charge in [-0.05, 0) is 56.3 Å². The number of nitrogens with one attached hydrogen (secondary N) is 2. The predicted octanol–water partition coefficient (Wildman–Crippen LogP) is 3.56. The molecule has 0 atom stereocenters. The molecule has 6 nitrogen and oxygen atoms in total. The lowest BCUT2D eigenvalue weighted by Gasteiger charge is -2.13. The lowest BCUT2D eigenvalue weighted by molar-refractivity contribution is 0.0940. The Bertz CT molecular complexity index is 916. The number of rotatable bonds is 9. The molecule has 2 rings (SSSR count). The van der Waals surface area contributed by atoms with Crippen LogP contribution in [0.4, 0.5) is 0 Å². The van der Waals surface area contributed by atoms with Crippen molar-refractivity contribution in [3.63, 3.8) is 0 Å². The SMILES string of the molecule is COc1ccc(S(=O)(=O)NCCSc2ccc(Cl)cc2)cc1C(=O)NC(C)C. The van der Waals surface area contributed by atoms with Crippen LogP contribution in [0, 0.1) is 0 Å². The van der Waals surface area contributed by atoms with Crippen molar-refractivity contribution in [2.75, 3.05) is 19.4 Å². The minimum Gasteiger partial charge on any atom is -0.496 e. The zero-order chi connectivity index (χ0) is 20.7. The van der Waals surface area contributed by atoms with Gasteiger partial charge in [0.05, 0.1) is 17.6 Å². The lowest BCUT2D eigenvalue weighted by atomic mass is 10.2. The molecule has 0 aliphatic carbocycles. The Balaban J connectivity index is 2.05. The highest BCUT2D eigenvalue weighted by Gasteiger charge is 2.20. The summed E-state index contributed by atoms with van der Waals surface area (Å²) in [4.78, 5) is 13.3. The number of thioether (sulfide) groups is 1. The van der Waals surface area contributed by atoms with Crippen molar-refractivity contribution in [2.24, 2.45) is 0 Å². The molecule has 9 heteroatoms. The van der Waals surface area contributed by atoms with Crippen molar-refractivity contribution in [1.82, 2.24) is 10.0 Å². The van der Waals surface area contributed by atoms with Crippen LogP contribution in [-0.4, -0.2) is 39.8 Å². The summed E-state index contributed by atoms with van der Waals surface area (Å²) in [6.07, 6.45) is 0. The monoisotopic (exact) mass is 442 g/mol. The maximum atomic E-state index is 12.6. The van der Waals surface area contributed by atoms with Gasteiger partial charge in [0.2, 0.25) is 10.0 Å². The molecule has 0 heterocycles. The van der Waals surface area contributed by atoms with Crippen LogP contribution < -0.4 is 14.8 Å². The third kappa shape index (κ3) is 6.41. The molecule has 0 fully saturated rings. The van der Waals surface area contributed by atoms with E-state index in [1.807, 2.05) is 26.0 Å². The number of ether oxygens (including phenoxy) is 1. The summed E-state index contributed by atoms with van der Waals surface area (Å²) in [5.74, 6) is 0.482. The van der Waals surface area contributed by atoms with Gasteiger partial charge in [-0.15, -0.1) is 11.8 Å². The summed E-state index contributed by atoms with van der Waals surface area (Å²) >= 11 is 7.36. The fraction of sp³-hybridized carbons (Fsp3) is 0.316. The van der Waals surface area contributed by atoms with Gasteiger partial charge in [0, 0.05) is 28.3 Å². The highest BCUT2D eigenvalue weighted by molar-refractivity contribution is 7.99. The summed E-state index contributed by atoms with van der Waals surface area (Å²) < 4.78 is 32.9. The van der Waals surface area contributed by atoms with Crippen LogP contribution in [0.2, 0.25) is 5.02 Å². The van der Waals surface area contributed by atoms with Crippen LogP contribution >= 0.6 is 23.4 Å². The molecule has 2 aromatic carbocycles. The van der Waals surface area contributed by atoms with Gasteiger partial charge in [0.1, 0.15) is 5.75 Å². The smallest absolute Gasteiger partial charge is 0.255 e. The van der Waals surface area contributed by atoms with Crippen LogP contribution in [0.3, 0.4) is 0 Å². The molecular weight excluding hydrogens is 420 g/mol. The van der Waals surface area contributed by atoms with Crippen molar-refractivity contribution in [3.8, 4) is 5.75 Å². The Morgan fingerprint density at radius 3 is 2.46 bits per heavy atom. The molecule has 0 saturated heterocycles. The standard InChI is InChI=1S/C19H23ClN2O4S2/c1-13(2)22-19(23)17-12-16(8-9-18(17)26-3)28(24,25)21-10-11-27-15-6-4-14(20)5-7-15/h4-9,12-13,21H,10-11H2,1-3H3,(H,22,23). The highest BCUT2D eigenvalue weighted by atomic mass is 35.5. The predicted molar refractivity (Wildman–Crippen MR) is 113 cm³/mol. The molecule has 0 radical (unpaired) electrons. The Morgan fingerprint density at radius 1 is 1.18 bits per heavy atom. The van der Waals surface area contributed by atoms with Gasteiger partial charge in [0.25, 0.3) is 5.91 Å². The fourth-order valence-corrected chi connectivity index (χ4v) is 4.41. The number of benzene rings is 2. The van der Waals surface area contributed by atoms with Crippen molar-refractivity contribution < 1.29 is 17.9 Å². The Morgan fingerprint density at radius 2 is 1.86 bits per heavy atom. The summed E-state index contributed by atoms with van der Waals surface area (Å²) in [6, 6.07) is 11.5. The molecule has 0 unspecified atom stereocenters. The lowest BCUT2D eigenvalue weighted by Crippen LogP contribution is -2.31. The zero-order valence-corrected chi connectivity index (χ0v) is 18.2. The largest absolute Gasteiger partial charge is 0.496 e. The summed E-state index contributed by atoms with van der Waals surface area (Å²) in [5, 5.41) is 3.39. The average molecular weight is 443 g/mol. The summed E-state index contributed by atoms with van der Waals surface area (Å²) in [7, 11) is -2.32. The van der Waals surface area contributed by atoms with E-state index in [0.717, 1.165) is 4.90 Å². The molecule has 0 aliphatic heterocycles.